The summed E-state index contributed by atoms with van der Waals surface area (Å²) in [6.07, 6.45) is 8.45. The van der Waals surface area contributed by atoms with Crippen molar-refractivity contribution >= 4 is 11.6 Å². The molecule has 2 fully saturated rings. The minimum atomic E-state index is -0.287. The quantitative estimate of drug-likeness (QED) is 0.452. The van der Waals surface area contributed by atoms with Crippen LogP contribution in [0.2, 0.25) is 5.02 Å². The summed E-state index contributed by atoms with van der Waals surface area (Å²) in [6.45, 7) is 2.64. The van der Waals surface area contributed by atoms with Crippen LogP contribution in [-0.4, -0.2) is 11.1 Å². The van der Waals surface area contributed by atoms with Crippen LogP contribution in [0.5, 0.6) is 5.75 Å². The lowest BCUT2D eigenvalue weighted by Gasteiger charge is -2.22. The van der Waals surface area contributed by atoms with E-state index in [2.05, 4.69) is 36.2 Å². The molecule has 4 heteroatoms. The summed E-state index contributed by atoms with van der Waals surface area (Å²) in [4.78, 5) is 4.42. The zero-order valence-corrected chi connectivity index (χ0v) is 17.3. The average Bonchev–Trinajstić information content (AvgIpc) is 3.66. The zero-order chi connectivity index (χ0) is 19.8. The van der Waals surface area contributed by atoms with Crippen LogP contribution < -0.4 is 4.74 Å². The Morgan fingerprint density at radius 3 is 2.69 bits per heavy atom. The Kier molecular flexibility index (Phi) is 4.81. The van der Waals surface area contributed by atoms with Crippen LogP contribution in [-0.2, 0) is 16.9 Å². The molecule has 2 aromatic carbocycles. The SMILES string of the molecule is Cc1ccc(Cl)cc1COC1(c2cnccc2-c2ccccc2OC2CC2)CC1. The van der Waals surface area contributed by atoms with E-state index in [-0.39, 0.29) is 5.60 Å². The summed E-state index contributed by atoms with van der Waals surface area (Å²) >= 11 is 6.19. The van der Waals surface area contributed by atoms with E-state index < -0.39 is 0 Å². The number of rotatable bonds is 7. The second-order valence-electron chi connectivity index (χ2n) is 8.09. The highest BCUT2D eigenvalue weighted by molar-refractivity contribution is 6.30. The molecule has 2 aliphatic rings. The van der Waals surface area contributed by atoms with Gasteiger partial charge in [0.2, 0.25) is 0 Å². The van der Waals surface area contributed by atoms with Gasteiger partial charge in [-0.15, -0.1) is 0 Å². The van der Waals surface area contributed by atoms with Crippen molar-refractivity contribution in [2.45, 2.75) is 50.9 Å². The number of halogens is 1. The fourth-order valence-electron chi connectivity index (χ4n) is 3.77. The van der Waals surface area contributed by atoms with Crippen molar-refractivity contribution < 1.29 is 9.47 Å². The maximum absolute atomic E-state index is 6.50. The highest BCUT2D eigenvalue weighted by Crippen LogP contribution is 2.53. The Morgan fingerprint density at radius 1 is 1.07 bits per heavy atom. The van der Waals surface area contributed by atoms with Crippen LogP contribution in [0.3, 0.4) is 0 Å². The molecule has 1 heterocycles. The van der Waals surface area contributed by atoms with Crippen molar-refractivity contribution in [1.29, 1.82) is 0 Å². The zero-order valence-electron chi connectivity index (χ0n) is 16.5. The number of benzene rings is 2. The molecule has 148 valence electrons. The van der Waals surface area contributed by atoms with Gasteiger partial charge in [-0.2, -0.15) is 0 Å². The van der Waals surface area contributed by atoms with Crippen molar-refractivity contribution in [3.63, 3.8) is 0 Å². The number of hydrogen-bond donors (Lipinski definition) is 0. The Bertz CT molecular complexity index is 1040. The second-order valence-corrected chi connectivity index (χ2v) is 8.52. The van der Waals surface area contributed by atoms with Gasteiger partial charge in [0.25, 0.3) is 0 Å². The Balaban J connectivity index is 1.46. The van der Waals surface area contributed by atoms with Gasteiger partial charge in [0.15, 0.2) is 0 Å². The molecular formula is C25H24ClNO2. The lowest BCUT2D eigenvalue weighted by molar-refractivity contribution is 0.0171. The summed E-state index contributed by atoms with van der Waals surface area (Å²) in [5.74, 6) is 0.948. The van der Waals surface area contributed by atoms with Crippen LogP contribution in [0.4, 0.5) is 0 Å². The molecule has 0 spiro atoms. The second kappa shape index (κ2) is 7.47. The third-order valence-corrected chi connectivity index (χ3v) is 6.06. The first-order valence-electron chi connectivity index (χ1n) is 10.2. The summed E-state index contributed by atoms with van der Waals surface area (Å²) in [7, 11) is 0. The molecule has 0 unspecified atom stereocenters. The van der Waals surface area contributed by atoms with Gasteiger partial charge < -0.3 is 9.47 Å². The van der Waals surface area contributed by atoms with Gasteiger partial charge in [0, 0.05) is 28.5 Å². The fraction of sp³-hybridized carbons (Fsp3) is 0.320. The molecule has 3 aromatic rings. The predicted octanol–water partition coefficient (Wildman–Crippen LogP) is 6.46. The highest BCUT2D eigenvalue weighted by atomic mass is 35.5. The molecule has 2 aliphatic carbocycles. The molecule has 0 radical (unpaired) electrons. The van der Waals surface area contributed by atoms with Gasteiger partial charge in [-0.05, 0) is 73.6 Å². The standard InChI is InChI=1S/C25H24ClNO2/c1-17-6-7-19(26)14-18(17)16-28-25(11-12-25)23-15-27-13-10-21(23)22-4-2-3-5-24(22)29-20-8-9-20/h2-7,10,13-15,20H,8-9,11-12,16H2,1H3. The van der Waals surface area contributed by atoms with Crippen molar-refractivity contribution in [1.82, 2.24) is 4.98 Å². The van der Waals surface area contributed by atoms with Crippen LogP contribution in [0.15, 0.2) is 60.9 Å². The summed E-state index contributed by atoms with van der Waals surface area (Å²) < 4.78 is 12.7. The van der Waals surface area contributed by atoms with Gasteiger partial charge in [0.05, 0.1) is 18.3 Å². The highest BCUT2D eigenvalue weighted by Gasteiger charge is 2.47. The molecule has 0 aliphatic heterocycles. The molecule has 0 N–H and O–H groups in total. The monoisotopic (exact) mass is 405 g/mol. The summed E-state index contributed by atoms with van der Waals surface area (Å²) in [5, 5.41) is 0.743. The minimum absolute atomic E-state index is 0.287. The van der Waals surface area contributed by atoms with Crippen LogP contribution in [0.25, 0.3) is 11.1 Å². The van der Waals surface area contributed by atoms with Crippen LogP contribution in [0.1, 0.15) is 42.4 Å². The first-order chi connectivity index (χ1) is 14.1. The number of pyridine rings is 1. The lowest BCUT2D eigenvalue weighted by Crippen LogP contribution is -2.14. The number of nitrogens with zero attached hydrogens (tertiary/aromatic N) is 1. The minimum Gasteiger partial charge on any atom is -0.490 e. The molecule has 29 heavy (non-hydrogen) atoms. The Labute approximate surface area is 176 Å². The van der Waals surface area contributed by atoms with E-state index >= 15 is 0 Å². The molecule has 0 saturated heterocycles. The van der Waals surface area contributed by atoms with E-state index in [0.29, 0.717) is 12.7 Å². The largest absolute Gasteiger partial charge is 0.490 e. The maximum atomic E-state index is 6.50. The van der Waals surface area contributed by atoms with E-state index in [1.165, 1.54) is 5.56 Å². The first kappa shape index (κ1) is 18.7. The van der Waals surface area contributed by atoms with Crippen molar-refractivity contribution in [2.24, 2.45) is 0 Å². The molecule has 5 rings (SSSR count). The fourth-order valence-corrected chi connectivity index (χ4v) is 3.96. The van der Waals surface area contributed by atoms with Crippen molar-refractivity contribution in [3.8, 4) is 16.9 Å². The van der Waals surface area contributed by atoms with Gasteiger partial charge in [-0.25, -0.2) is 0 Å². The van der Waals surface area contributed by atoms with Gasteiger partial charge >= 0.3 is 0 Å². The molecule has 3 nitrogen and oxygen atoms in total. The Morgan fingerprint density at radius 2 is 1.90 bits per heavy atom. The maximum Gasteiger partial charge on any atom is 0.127 e. The predicted molar refractivity (Wildman–Crippen MR) is 115 cm³/mol. The molecule has 1 aromatic heterocycles. The third kappa shape index (κ3) is 3.90. The molecule has 0 amide bonds. The van der Waals surface area contributed by atoms with Crippen molar-refractivity contribution in [3.05, 3.63) is 82.6 Å². The normalized spacial score (nSPS) is 17.2. The number of ether oxygens (including phenoxy) is 2. The summed E-state index contributed by atoms with van der Waals surface area (Å²) in [6, 6.07) is 16.3. The van der Waals surface area contributed by atoms with E-state index in [1.807, 2.05) is 36.7 Å². The lowest BCUT2D eigenvalue weighted by atomic mass is 9.96. The van der Waals surface area contributed by atoms with Gasteiger partial charge in [-0.3, -0.25) is 4.98 Å². The molecule has 2 saturated carbocycles. The van der Waals surface area contributed by atoms with Gasteiger partial charge in [-0.1, -0.05) is 35.9 Å². The average molecular weight is 406 g/mol. The van der Waals surface area contributed by atoms with E-state index in [0.717, 1.165) is 58.7 Å². The molecular weight excluding hydrogens is 382 g/mol. The van der Waals surface area contributed by atoms with E-state index in [1.54, 1.807) is 0 Å². The topological polar surface area (TPSA) is 31.4 Å². The van der Waals surface area contributed by atoms with E-state index in [9.17, 15) is 0 Å². The summed E-state index contributed by atoms with van der Waals surface area (Å²) in [5.41, 5.74) is 5.45. The van der Waals surface area contributed by atoms with Gasteiger partial charge in [0.1, 0.15) is 5.75 Å². The molecule has 0 bridgehead atoms. The number of hydrogen-bond acceptors (Lipinski definition) is 3. The first-order valence-corrected chi connectivity index (χ1v) is 10.6. The van der Waals surface area contributed by atoms with Crippen LogP contribution in [0, 0.1) is 6.92 Å². The number of aromatic nitrogens is 1. The van der Waals surface area contributed by atoms with E-state index in [4.69, 9.17) is 21.1 Å². The smallest absolute Gasteiger partial charge is 0.127 e. The van der Waals surface area contributed by atoms with Crippen molar-refractivity contribution in [2.75, 3.05) is 0 Å². The third-order valence-electron chi connectivity index (χ3n) is 5.83. The number of aryl methyl sites for hydroxylation is 1. The Hall–Kier alpha value is -2.36. The molecule has 0 atom stereocenters. The van der Waals surface area contributed by atoms with Crippen LogP contribution >= 0.6 is 11.6 Å². The number of para-hydroxylation sites is 1.